The zero-order valence-electron chi connectivity index (χ0n) is 18.4. The highest BCUT2D eigenvalue weighted by atomic mass is 16.7. The summed E-state index contributed by atoms with van der Waals surface area (Å²) in [6.45, 7) is 10.9. The molecule has 1 N–H and O–H groups in total. The molecule has 0 radical (unpaired) electrons. The zero-order chi connectivity index (χ0) is 20.5. The van der Waals surface area contributed by atoms with E-state index in [1.807, 2.05) is 6.07 Å². The van der Waals surface area contributed by atoms with Crippen molar-refractivity contribution in [1.82, 2.24) is 0 Å². The summed E-state index contributed by atoms with van der Waals surface area (Å²) in [4.78, 5) is 0. The molecule has 3 rings (SSSR count). The number of ether oxygens (including phenoxy) is 2. The van der Waals surface area contributed by atoms with E-state index in [0.29, 0.717) is 5.75 Å². The lowest BCUT2D eigenvalue weighted by molar-refractivity contribution is -0.189. The van der Waals surface area contributed by atoms with Gasteiger partial charge in [-0.25, -0.2) is 0 Å². The molecule has 1 aliphatic heterocycles. The predicted octanol–water partition coefficient (Wildman–Crippen LogP) is 7.10. The molecular weight excluding hydrogens is 348 g/mol. The average Bonchev–Trinajstić information content (AvgIpc) is 2.66. The first kappa shape index (κ1) is 21.0. The molecule has 1 saturated carbocycles. The highest BCUT2D eigenvalue weighted by Crippen LogP contribution is 2.55. The molecule has 0 saturated heterocycles. The van der Waals surface area contributed by atoms with Crippen molar-refractivity contribution in [2.75, 3.05) is 7.11 Å². The third kappa shape index (κ3) is 3.87. The van der Waals surface area contributed by atoms with Crippen molar-refractivity contribution < 1.29 is 14.6 Å². The maximum Gasteiger partial charge on any atom is 0.211 e. The number of allylic oxidation sites excluding steroid dienone is 4. The molecule has 2 bridgehead atoms. The van der Waals surface area contributed by atoms with E-state index in [2.05, 4.69) is 40.7 Å². The average molecular weight is 385 g/mol. The van der Waals surface area contributed by atoms with E-state index in [-0.39, 0.29) is 5.92 Å². The van der Waals surface area contributed by atoms with Crippen molar-refractivity contribution in [2.45, 2.75) is 91.3 Å². The Kier molecular flexibility index (Phi) is 6.24. The molecule has 1 aliphatic carbocycles. The summed E-state index contributed by atoms with van der Waals surface area (Å²) in [6.07, 6.45) is 7.39. The number of aromatic hydroxyl groups is 1. The Balaban J connectivity index is 2.04. The molecule has 1 aromatic rings. The van der Waals surface area contributed by atoms with Crippen molar-refractivity contribution in [1.29, 1.82) is 0 Å². The maximum atomic E-state index is 11.0. The van der Waals surface area contributed by atoms with Gasteiger partial charge in [0.15, 0.2) is 0 Å². The Labute approximate surface area is 170 Å². The van der Waals surface area contributed by atoms with E-state index in [1.54, 1.807) is 7.11 Å². The molecule has 0 amide bonds. The Morgan fingerprint density at radius 2 is 1.96 bits per heavy atom. The first-order valence-electron chi connectivity index (χ1n) is 10.8. The summed E-state index contributed by atoms with van der Waals surface area (Å²) < 4.78 is 12.2. The minimum atomic E-state index is -0.574. The summed E-state index contributed by atoms with van der Waals surface area (Å²) >= 11 is 0. The molecule has 1 aromatic carbocycles. The van der Waals surface area contributed by atoms with Gasteiger partial charge in [0, 0.05) is 31.4 Å². The van der Waals surface area contributed by atoms with Crippen LogP contribution in [-0.2, 0) is 4.74 Å². The fraction of sp³-hybridized carbons (Fsp3) is 0.600. The zero-order valence-corrected chi connectivity index (χ0v) is 18.4. The van der Waals surface area contributed by atoms with Crippen molar-refractivity contribution in [3.63, 3.8) is 0 Å². The summed E-state index contributed by atoms with van der Waals surface area (Å²) in [5.74, 6) is 0.734. The van der Waals surface area contributed by atoms with Gasteiger partial charge in [-0.1, -0.05) is 36.5 Å². The highest BCUT2D eigenvalue weighted by Gasteiger charge is 2.47. The Morgan fingerprint density at radius 3 is 2.61 bits per heavy atom. The lowest BCUT2D eigenvalue weighted by Crippen LogP contribution is -2.46. The molecule has 0 spiro atoms. The molecule has 0 aromatic heterocycles. The van der Waals surface area contributed by atoms with E-state index in [0.717, 1.165) is 42.6 Å². The summed E-state index contributed by atoms with van der Waals surface area (Å²) in [6, 6.07) is 4.04. The second-order valence-electron chi connectivity index (χ2n) is 8.77. The third-order valence-corrected chi connectivity index (χ3v) is 6.72. The standard InChI is InChI=1S/C25H36O3/c1-7-8-9-10-17(4)18(5)19-13-22(26)24-21-15-25(27-6,28-23(24)14-19)12-11-20(21)16(2)3/h13-14,21,26H,7-12,15H2,1-6H3. The normalized spacial score (nSPS) is 24.4. The fourth-order valence-corrected chi connectivity index (χ4v) is 4.77. The number of fused-ring (bicyclic) bond motifs is 4. The lowest BCUT2D eigenvalue weighted by Gasteiger charge is -2.46. The molecule has 2 aliphatic rings. The summed E-state index contributed by atoms with van der Waals surface area (Å²) in [5.41, 5.74) is 7.37. The minimum Gasteiger partial charge on any atom is -0.507 e. The van der Waals surface area contributed by atoms with Gasteiger partial charge in [0.25, 0.3) is 0 Å². The van der Waals surface area contributed by atoms with Crippen molar-refractivity contribution in [3.8, 4) is 11.5 Å². The number of phenols is 1. The van der Waals surface area contributed by atoms with Crippen LogP contribution in [0.1, 0.15) is 96.6 Å². The molecular formula is C25H36O3. The molecule has 1 fully saturated rings. The molecule has 28 heavy (non-hydrogen) atoms. The van der Waals surface area contributed by atoms with Crippen LogP contribution in [0.4, 0.5) is 0 Å². The first-order valence-corrected chi connectivity index (χ1v) is 10.8. The van der Waals surface area contributed by atoms with Gasteiger partial charge < -0.3 is 14.6 Å². The number of methoxy groups -OCH3 is 1. The lowest BCUT2D eigenvalue weighted by atomic mass is 9.72. The highest BCUT2D eigenvalue weighted by molar-refractivity contribution is 5.71. The topological polar surface area (TPSA) is 38.7 Å². The van der Waals surface area contributed by atoms with E-state index in [1.165, 1.54) is 41.6 Å². The quantitative estimate of drug-likeness (QED) is 0.420. The maximum absolute atomic E-state index is 11.0. The van der Waals surface area contributed by atoms with Crippen LogP contribution in [0.5, 0.6) is 11.5 Å². The molecule has 3 heteroatoms. The first-order chi connectivity index (χ1) is 13.3. The van der Waals surface area contributed by atoms with Crippen LogP contribution in [-0.4, -0.2) is 18.0 Å². The number of unbranched alkanes of at least 4 members (excludes halogenated alkanes) is 2. The number of rotatable bonds is 6. The van der Waals surface area contributed by atoms with E-state index in [9.17, 15) is 5.11 Å². The van der Waals surface area contributed by atoms with E-state index < -0.39 is 5.79 Å². The van der Waals surface area contributed by atoms with Crippen LogP contribution in [0.3, 0.4) is 0 Å². The Hall–Kier alpha value is -1.74. The van der Waals surface area contributed by atoms with Crippen LogP contribution in [0.25, 0.3) is 5.57 Å². The predicted molar refractivity (Wildman–Crippen MR) is 116 cm³/mol. The van der Waals surface area contributed by atoms with Gasteiger partial charge in [-0.05, 0) is 70.2 Å². The number of phenolic OH excluding ortho intramolecular Hbond substituents is 1. The molecule has 2 unspecified atom stereocenters. The fourth-order valence-electron chi connectivity index (χ4n) is 4.77. The monoisotopic (exact) mass is 384 g/mol. The number of hydrogen-bond donors (Lipinski definition) is 1. The van der Waals surface area contributed by atoms with Gasteiger partial charge in [0.05, 0.1) is 0 Å². The van der Waals surface area contributed by atoms with Crippen LogP contribution in [0.15, 0.2) is 28.9 Å². The van der Waals surface area contributed by atoms with Crippen molar-refractivity contribution >= 4 is 5.57 Å². The number of benzene rings is 1. The van der Waals surface area contributed by atoms with Crippen LogP contribution < -0.4 is 4.74 Å². The Morgan fingerprint density at radius 1 is 1.21 bits per heavy atom. The molecule has 2 atom stereocenters. The minimum absolute atomic E-state index is 0.173. The van der Waals surface area contributed by atoms with Gasteiger partial charge in [-0.2, -0.15) is 0 Å². The van der Waals surface area contributed by atoms with E-state index >= 15 is 0 Å². The largest absolute Gasteiger partial charge is 0.507 e. The Bertz CT molecular complexity index is 798. The third-order valence-electron chi connectivity index (χ3n) is 6.72. The van der Waals surface area contributed by atoms with Crippen LogP contribution in [0.2, 0.25) is 0 Å². The van der Waals surface area contributed by atoms with Gasteiger partial charge in [-0.15, -0.1) is 0 Å². The van der Waals surface area contributed by atoms with Crippen molar-refractivity contribution in [2.24, 2.45) is 0 Å². The smallest absolute Gasteiger partial charge is 0.211 e. The second kappa shape index (κ2) is 8.32. The van der Waals surface area contributed by atoms with Gasteiger partial charge in [0.2, 0.25) is 5.79 Å². The summed E-state index contributed by atoms with van der Waals surface area (Å²) in [7, 11) is 1.74. The van der Waals surface area contributed by atoms with Crippen LogP contribution >= 0.6 is 0 Å². The van der Waals surface area contributed by atoms with E-state index in [4.69, 9.17) is 9.47 Å². The SMILES string of the molecule is CCCCCC(C)=C(C)c1cc(O)c2c(c1)OC1(OC)CCC(=C(C)C)C2C1. The van der Waals surface area contributed by atoms with Crippen LogP contribution in [0, 0.1) is 0 Å². The van der Waals surface area contributed by atoms with Crippen molar-refractivity contribution in [3.05, 3.63) is 40.0 Å². The summed E-state index contributed by atoms with van der Waals surface area (Å²) in [5, 5.41) is 11.0. The second-order valence-corrected chi connectivity index (χ2v) is 8.77. The molecule has 154 valence electrons. The van der Waals surface area contributed by atoms with Gasteiger partial charge in [-0.3, -0.25) is 0 Å². The molecule has 3 nitrogen and oxygen atoms in total. The molecule has 1 heterocycles. The van der Waals surface area contributed by atoms with Gasteiger partial charge >= 0.3 is 0 Å². The van der Waals surface area contributed by atoms with Gasteiger partial charge in [0.1, 0.15) is 11.5 Å². The number of hydrogen-bond acceptors (Lipinski definition) is 3.